The lowest BCUT2D eigenvalue weighted by atomic mass is 10.1. The monoisotopic (exact) mass is 338 g/mol. The van der Waals surface area contributed by atoms with Crippen molar-refractivity contribution < 1.29 is 0 Å². The molecule has 4 nitrogen and oxygen atoms in total. The molecule has 0 aliphatic rings. The zero-order valence-corrected chi connectivity index (χ0v) is 14.4. The van der Waals surface area contributed by atoms with Crippen LogP contribution in [0.5, 0.6) is 0 Å². The van der Waals surface area contributed by atoms with Gasteiger partial charge in [0.05, 0.1) is 5.69 Å². The zero-order chi connectivity index (χ0) is 17.8. The first-order valence-corrected chi connectivity index (χ1v) is 8.47. The Bertz CT molecular complexity index is 1070. The number of aromatic nitrogens is 3. The molecule has 26 heavy (non-hydrogen) atoms. The molecule has 0 saturated heterocycles. The van der Waals surface area contributed by atoms with Gasteiger partial charge in [-0.2, -0.15) is 0 Å². The minimum absolute atomic E-state index is 0.757. The molecule has 0 unspecified atom stereocenters. The number of hydrogen-bond acceptors (Lipinski definition) is 4. The number of pyridine rings is 1. The fraction of sp³-hybridized carbons (Fsp3) is 0.0455. The van der Waals surface area contributed by atoms with E-state index in [1.165, 1.54) is 5.56 Å². The first-order chi connectivity index (χ1) is 12.8. The van der Waals surface area contributed by atoms with Crippen molar-refractivity contribution in [3.63, 3.8) is 0 Å². The van der Waals surface area contributed by atoms with Crippen LogP contribution in [0.25, 0.3) is 22.9 Å². The van der Waals surface area contributed by atoms with Gasteiger partial charge in [-0.25, -0.2) is 0 Å². The van der Waals surface area contributed by atoms with Crippen LogP contribution in [0.4, 0.5) is 11.5 Å². The van der Waals surface area contributed by atoms with Crippen LogP contribution in [0.1, 0.15) is 16.8 Å². The van der Waals surface area contributed by atoms with E-state index >= 15 is 0 Å². The van der Waals surface area contributed by atoms with Crippen LogP contribution in [-0.4, -0.2) is 15.2 Å². The average Bonchev–Trinajstić information content (AvgIpc) is 2.68. The Kier molecular flexibility index (Phi) is 4.39. The van der Waals surface area contributed by atoms with Crippen LogP contribution in [0.2, 0.25) is 0 Å². The molecule has 0 amide bonds. The van der Waals surface area contributed by atoms with Crippen molar-refractivity contribution in [1.29, 1.82) is 0 Å². The Balaban J connectivity index is 1.72. The van der Waals surface area contributed by atoms with E-state index in [4.69, 9.17) is 0 Å². The Labute approximate surface area is 152 Å². The molecule has 0 bridgehead atoms. The fourth-order valence-electron chi connectivity index (χ4n) is 2.85. The molecule has 0 spiro atoms. The summed E-state index contributed by atoms with van der Waals surface area (Å²) >= 11 is 0. The number of rotatable bonds is 4. The number of hydrogen-bond donors (Lipinski definition) is 1. The van der Waals surface area contributed by atoms with Crippen molar-refractivity contribution in [3.05, 3.63) is 89.9 Å². The third kappa shape index (κ3) is 3.44. The summed E-state index contributed by atoms with van der Waals surface area (Å²) in [4.78, 5) is 4.04. The van der Waals surface area contributed by atoms with Gasteiger partial charge in [-0.05, 0) is 48.4 Å². The summed E-state index contributed by atoms with van der Waals surface area (Å²) in [6.07, 6.45) is 7.56. The van der Waals surface area contributed by atoms with Crippen LogP contribution in [0.3, 0.4) is 0 Å². The van der Waals surface area contributed by atoms with E-state index < -0.39 is 0 Å². The van der Waals surface area contributed by atoms with E-state index in [-0.39, 0.29) is 0 Å². The highest BCUT2D eigenvalue weighted by atomic mass is 15.2. The number of nitrogens with zero attached hydrogens (tertiary/aromatic N) is 3. The first kappa shape index (κ1) is 16.0. The molecule has 2 heterocycles. The molecule has 1 N–H and O–H groups in total. The van der Waals surface area contributed by atoms with Crippen molar-refractivity contribution in [2.24, 2.45) is 0 Å². The smallest absolute Gasteiger partial charge is 0.161 e. The predicted molar refractivity (Wildman–Crippen MR) is 107 cm³/mol. The number of aryl methyl sites for hydroxylation is 1. The van der Waals surface area contributed by atoms with Gasteiger partial charge in [-0.15, -0.1) is 10.2 Å². The Hall–Kier alpha value is -3.53. The van der Waals surface area contributed by atoms with Crippen molar-refractivity contribution >= 4 is 34.4 Å². The van der Waals surface area contributed by atoms with E-state index in [1.54, 1.807) is 12.4 Å². The van der Waals surface area contributed by atoms with Crippen LogP contribution in [-0.2, 0) is 0 Å². The molecule has 0 aliphatic heterocycles. The van der Waals surface area contributed by atoms with Gasteiger partial charge in [0.2, 0.25) is 0 Å². The number of anilines is 2. The quantitative estimate of drug-likeness (QED) is 0.552. The van der Waals surface area contributed by atoms with Gasteiger partial charge in [-0.3, -0.25) is 4.98 Å². The highest BCUT2D eigenvalue weighted by molar-refractivity contribution is 5.98. The Morgan fingerprint density at radius 1 is 0.808 bits per heavy atom. The van der Waals surface area contributed by atoms with Crippen LogP contribution < -0.4 is 5.32 Å². The maximum Gasteiger partial charge on any atom is 0.161 e. The number of fused-ring (bicyclic) bond motifs is 1. The third-order valence-corrected chi connectivity index (χ3v) is 4.14. The molecular weight excluding hydrogens is 320 g/mol. The molecule has 2 aromatic heterocycles. The molecule has 0 radical (unpaired) electrons. The van der Waals surface area contributed by atoms with Gasteiger partial charge >= 0.3 is 0 Å². The van der Waals surface area contributed by atoms with Gasteiger partial charge in [-0.1, -0.05) is 42.5 Å². The maximum atomic E-state index is 4.43. The SMILES string of the molecule is Cc1cccc(Nc2nnc(C=Cc3ccncc3)c3ccccc23)c1. The maximum absolute atomic E-state index is 4.43. The average molecular weight is 338 g/mol. The molecule has 4 heteroatoms. The minimum Gasteiger partial charge on any atom is -0.338 e. The second kappa shape index (κ2) is 7.15. The van der Waals surface area contributed by atoms with Gasteiger partial charge in [0.1, 0.15) is 0 Å². The molecule has 0 saturated carbocycles. The summed E-state index contributed by atoms with van der Waals surface area (Å²) in [5, 5.41) is 14.3. The van der Waals surface area contributed by atoms with Gasteiger partial charge in [0.15, 0.2) is 5.82 Å². The topological polar surface area (TPSA) is 50.7 Å². The molecule has 0 atom stereocenters. The van der Waals surface area contributed by atoms with Gasteiger partial charge in [0.25, 0.3) is 0 Å². The summed E-state index contributed by atoms with van der Waals surface area (Å²) < 4.78 is 0. The number of benzene rings is 2. The molecule has 0 aliphatic carbocycles. The van der Waals surface area contributed by atoms with Gasteiger partial charge in [0, 0.05) is 28.9 Å². The lowest BCUT2D eigenvalue weighted by Crippen LogP contribution is -1.99. The van der Waals surface area contributed by atoms with Crippen molar-refractivity contribution in [1.82, 2.24) is 15.2 Å². The molecule has 126 valence electrons. The lowest BCUT2D eigenvalue weighted by molar-refractivity contribution is 1.04. The fourth-order valence-corrected chi connectivity index (χ4v) is 2.85. The normalized spacial score (nSPS) is 11.1. The van der Waals surface area contributed by atoms with E-state index in [9.17, 15) is 0 Å². The predicted octanol–water partition coefficient (Wildman–Crippen LogP) is 5.25. The molecule has 4 rings (SSSR count). The molecule has 2 aromatic carbocycles. The van der Waals surface area contributed by atoms with Crippen LogP contribution >= 0.6 is 0 Å². The summed E-state index contributed by atoms with van der Waals surface area (Å²) in [5.74, 6) is 0.757. The summed E-state index contributed by atoms with van der Waals surface area (Å²) in [5.41, 5.74) is 4.12. The number of nitrogens with one attached hydrogen (secondary N) is 1. The van der Waals surface area contributed by atoms with E-state index in [0.717, 1.165) is 33.5 Å². The van der Waals surface area contributed by atoms with Crippen molar-refractivity contribution in [2.45, 2.75) is 6.92 Å². The lowest BCUT2D eigenvalue weighted by Gasteiger charge is -2.10. The van der Waals surface area contributed by atoms with E-state index in [0.29, 0.717) is 0 Å². The van der Waals surface area contributed by atoms with E-state index in [2.05, 4.69) is 51.7 Å². The second-order valence-corrected chi connectivity index (χ2v) is 6.09. The third-order valence-electron chi connectivity index (χ3n) is 4.14. The van der Waals surface area contributed by atoms with Crippen molar-refractivity contribution in [2.75, 3.05) is 5.32 Å². The first-order valence-electron chi connectivity index (χ1n) is 8.47. The summed E-state index contributed by atoms with van der Waals surface area (Å²) in [6.45, 7) is 2.07. The highest BCUT2D eigenvalue weighted by Crippen LogP contribution is 2.26. The largest absolute Gasteiger partial charge is 0.338 e. The highest BCUT2D eigenvalue weighted by Gasteiger charge is 2.07. The molecule has 0 fully saturated rings. The molecule has 4 aromatic rings. The van der Waals surface area contributed by atoms with Gasteiger partial charge < -0.3 is 5.32 Å². The Morgan fingerprint density at radius 3 is 2.42 bits per heavy atom. The Morgan fingerprint density at radius 2 is 1.62 bits per heavy atom. The zero-order valence-electron chi connectivity index (χ0n) is 14.4. The minimum atomic E-state index is 0.757. The standard InChI is InChI=1S/C22H18N4/c1-16-5-4-6-18(15-16)24-22-20-8-3-2-7-19(20)21(25-26-22)10-9-17-11-13-23-14-12-17/h2-15H,1H3,(H,24,26). The van der Waals surface area contributed by atoms with E-state index in [1.807, 2.05) is 48.6 Å². The summed E-state index contributed by atoms with van der Waals surface area (Å²) in [7, 11) is 0. The molecular formula is C22H18N4. The second-order valence-electron chi connectivity index (χ2n) is 6.09. The van der Waals surface area contributed by atoms with Crippen LogP contribution in [0.15, 0.2) is 73.1 Å². The summed E-state index contributed by atoms with van der Waals surface area (Å²) in [6, 6.07) is 20.3. The van der Waals surface area contributed by atoms with Crippen molar-refractivity contribution in [3.8, 4) is 0 Å². The van der Waals surface area contributed by atoms with Crippen LogP contribution in [0, 0.1) is 6.92 Å².